The minimum atomic E-state index is -0.524. The Morgan fingerprint density at radius 1 is 1.31 bits per heavy atom. The maximum absolute atomic E-state index is 13.0. The summed E-state index contributed by atoms with van der Waals surface area (Å²) >= 11 is 1.10. The molecule has 3 amide bonds. The molecule has 1 N–H and O–H groups in total. The summed E-state index contributed by atoms with van der Waals surface area (Å²) in [6.07, 6.45) is 0. The molecule has 1 saturated heterocycles. The number of aromatic nitrogens is 2. The third kappa shape index (κ3) is 4.42. The Labute approximate surface area is 171 Å². The number of carbonyl (C=O) groups is 3. The van der Waals surface area contributed by atoms with Gasteiger partial charge in [-0.25, -0.2) is 14.6 Å². The zero-order valence-corrected chi connectivity index (χ0v) is 17.2. The van der Waals surface area contributed by atoms with E-state index in [0.717, 1.165) is 16.7 Å². The van der Waals surface area contributed by atoms with E-state index >= 15 is 0 Å². The highest BCUT2D eigenvalue weighted by molar-refractivity contribution is 7.99. The number of ether oxygens (including phenoxy) is 1. The lowest BCUT2D eigenvalue weighted by Crippen LogP contribution is -2.35. The van der Waals surface area contributed by atoms with Crippen LogP contribution in [0.15, 0.2) is 28.2 Å². The highest BCUT2D eigenvalue weighted by Crippen LogP contribution is 2.21. The molecule has 10 heteroatoms. The molecule has 3 rings (SSSR count). The summed E-state index contributed by atoms with van der Waals surface area (Å²) in [4.78, 5) is 54.5. The summed E-state index contributed by atoms with van der Waals surface area (Å²) in [6, 6.07) is 4.17. The molecular weight excluding hydrogens is 396 g/mol. The number of fused-ring (bicyclic) bond motifs is 1. The van der Waals surface area contributed by atoms with Gasteiger partial charge in [0.05, 0.1) is 29.3 Å². The van der Waals surface area contributed by atoms with Crippen LogP contribution in [0.2, 0.25) is 0 Å². The average molecular weight is 418 g/mol. The van der Waals surface area contributed by atoms with Crippen LogP contribution in [-0.4, -0.2) is 58.3 Å². The lowest BCUT2D eigenvalue weighted by molar-refractivity contribution is -0.124. The van der Waals surface area contributed by atoms with E-state index in [4.69, 9.17) is 4.74 Å². The molecular formula is C19H22N4O5S. The first-order valence-electron chi connectivity index (χ1n) is 9.15. The summed E-state index contributed by atoms with van der Waals surface area (Å²) in [5.41, 5.74) is 0.398. The summed E-state index contributed by atoms with van der Waals surface area (Å²) in [5.74, 6) is -0.718. The van der Waals surface area contributed by atoms with Gasteiger partial charge in [-0.1, -0.05) is 25.6 Å². The molecule has 0 bridgehead atoms. The molecule has 0 spiro atoms. The maximum Gasteiger partial charge on any atom is 0.337 e. The van der Waals surface area contributed by atoms with Crippen molar-refractivity contribution in [2.45, 2.75) is 25.5 Å². The van der Waals surface area contributed by atoms with Gasteiger partial charge in [0.15, 0.2) is 5.16 Å². The Bertz CT molecular complexity index is 1030. The first-order chi connectivity index (χ1) is 13.8. The van der Waals surface area contributed by atoms with E-state index in [-0.39, 0.29) is 28.7 Å². The van der Waals surface area contributed by atoms with Crippen LogP contribution in [-0.2, 0) is 16.1 Å². The Kier molecular flexibility index (Phi) is 6.21. The topological polar surface area (TPSA) is 111 Å². The number of nitrogens with zero attached hydrogens (tertiary/aromatic N) is 3. The zero-order valence-electron chi connectivity index (χ0n) is 16.4. The van der Waals surface area contributed by atoms with Crippen molar-refractivity contribution in [3.05, 3.63) is 34.1 Å². The van der Waals surface area contributed by atoms with Crippen LogP contribution in [0.25, 0.3) is 10.9 Å². The van der Waals surface area contributed by atoms with E-state index in [0.29, 0.717) is 35.7 Å². The second kappa shape index (κ2) is 8.64. The molecule has 1 fully saturated rings. The second-order valence-electron chi connectivity index (χ2n) is 6.99. The molecule has 0 saturated carbocycles. The fraction of sp³-hybridized carbons (Fsp3) is 0.421. The number of hydrogen-bond acceptors (Lipinski definition) is 7. The number of methoxy groups -OCH3 is 1. The Balaban J connectivity index is 1.97. The van der Waals surface area contributed by atoms with E-state index in [2.05, 4.69) is 10.3 Å². The molecule has 1 aliphatic heterocycles. The molecule has 154 valence electrons. The predicted octanol–water partition coefficient (Wildman–Crippen LogP) is 1.48. The molecule has 2 heterocycles. The second-order valence-corrected chi connectivity index (χ2v) is 7.94. The smallest absolute Gasteiger partial charge is 0.337 e. The molecule has 1 aromatic heterocycles. The summed E-state index contributed by atoms with van der Waals surface area (Å²) in [7, 11) is 1.28. The molecule has 1 aliphatic rings. The van der Waals surface area contributed by atoms with Crippen LogP contribution in [0, 0.1) is 5.92 Å². The van der Waals surface area contributed by atoms with Crippen LogP contribution in [0.1, 0.15) is 24.2 Å². The van der Waals surface area contributed by atoms with Crippen LogP contribution in [0.5, 0.6) is 0 Å². The first kappa shape index (κ1) is 20.8. The number of nitrogens with one attached hydrogen (secondary N) is 1. The van der Waals surface area contributed by atoms with Crippen molar-refractivity contribution in [3.63, 3.8) is 0 Å². The zero-order chi connectivity index (χ0) is 21.1. The van der Waals surface area contributed by atoms with Gasteiger partial charge in [0.25, 0.3) is 5.56 Å². The van der Waals surface area contributed by atoms with Crippen molar-refractivity contribution in [1.29, 1.82) is 0 Å². The fourth-order valence-corrected chi connectivity index (χ4v) is 3.88. The van der Waals surface area contributed by atoms with Gasteiger partial charge in [0, 0.05) is 19.6 Å². The minimum Gasteiger partial charge on any atom is -0.465 e. The van der Waals surface area contributed by atoms with Gasteiger partial charge < -0.3 is 10.1 Å². The number of amides is 3. The molecule has 2 aromatic rings. The van der Waals surface area contributed by atoms with Crippen LogP contribution < -0.4 is 10.9 Å². The highest BCUT2D eigenvalue weighted by Gasteiger charge is 2.26. The number of rotatable bonds is 6. The van der Waals surface area contributed by atoms with Gasteiger partial charge in [-0.05, 0) is 24.1 Å². The standard InChI is InChI=1S/C19H22N4O5S/c1-11(2)9-23-16(25)13-5-4-12(17(26)28-3)8-14(13)21-19(23)29-10-15(24)22-7-6-20-18(22)27/h4-5,8,11H,6-7,9-10H2,1-3H3,(H,20,27). The molecule has 0 unspecified atom stereocenters. The highest BCUT2D eigenvalue weighted by atomic mass is 32.2. The van der Waals surface area contributed by atoms with Gasteiger partial charge in [0.2, 0.25) is 5.91 Å². The normalized spacial score (nSPS) is 13.8. The third-order valence-corrected chi connectivity index (χ3v) is 5.33. The number of imide groups is 1. The third-order valence-electron chi connectivity index (χ3n) is 4.37. The molecule has 9 nitrogen and oxygen atoms in total. The monoisotopic (exact) mass is 418 g/mol. The van der Waals surface area contributed by atoms with Crippen molar-refractivity contribution >= 4 is 40.6 Å². The van der Waals surface area contributed by atoms with Crippen molar-refractivity contribution in [1.82, 2.24) is 19.8 Å². The first-order valence-corrected chi connectivity index (χ1v) is 10.1. The fourth-order valence-electron chi connectivity index (χ4n) is 3.00. The number of esters is 1. The molecule has 0 radical (unpaired) electrons. The van der Waals surface area contributed by atoms with Crippen LogP contribution in [0.3, 0.4) is 0 Å². The minimum absolute atomic E-state index is 0.0276. The maximum atomic E-state index is 13.0. The molecule has 0 aliphatic carbocycles. The SMILES string of the molecule is COC(=O)c1ccc2c(=O)n(CC(C)C)c(SCC(=O)N3CCNC3=O)nc2c1. The van der Waals surface area contributed by atoms with Gasteiger partial charge in [0.1, 0.15) is 0 Å². The number of thioether (sulfide) groups is 1. The van der Waals surface area contributed by atoms with E-state index in [1.807, 2.05) is 13.8 Å². The van der Waals surface area contributed by atoms with Gasteiger partial charge in [-0.15, -0.1) is 0 Å². The molecule has 29 heavy (non-hydrogen) atoms. The number of carbonyl (C=O) groups excluding carboxylic acids is 3. The molecule has 0 atom stereocenters. The number of benzene rings is 1. The Morgan fingerprint density at radius 3 is 2.69 bits per heavy atom. The number of hydrogen-bond donors (Lipinski definition) is 1. The van der Waals surface area contributed by atoms with E-state index < -0.39 is 12.0 Å². The van der Waals surface area contributed by atoms with Crippen molar-refractivity contribution < 1.29 is 19.1 Å². The van der Waals surface area contributed by atoms with Gasteiger partial charge >= 0.3 is 12.0 Å². The average Bonchev–Trinajstić information content (AvgIpc) is 3.13. The van der Waals surface area contributed by atoms with Crippen LogP contribution >= 0.6 is 11.8 Å². The van der Waals surface area contributed by atoms with E-state index in [9.17, 15) is 19.2 Å². The van der Waals surface area contributed by atoms with Crippen molar-refractivity contribution in [2.24, 2.45) is 5.92 Å². The van der Waals surface area contributed by atoms with Crippen LogP contribution in [0.4, 0.5) is 4.79 Å². The van der Waals surface area contributed by atoms with E-state index in [1.54, 1.807) is 6.07 Å². The summed E-state index contributed by atoms with van der Waals surface area (Å²) in [6.45, 7) is 5.14. The van der Waals surface area contributed by atoms with Gasteiger partial charge in [-0.2, -0.15) is 0 Å². The predicted molar refractivity (Wildman–Crippen MR) is 108 cm³/mol. The van der Waals surface area contributed by atoms with E-state index in [1.165, 1.54) is 23.8 Å². The Hall–Kier alpha value is -2.88. The Morgan fingerprint density at radius 2 is 2.07 bits per heavy atom. The summed E-state index contributed by atoms with van der Waals surface area (Å²) < 4.78 is 6.26. The lowest BCUT2D eigenvalue weighted by Gasteiger charge is -2.16. The van der Waals surface area contributed by atoms with Crippen molar-refractivity contribution in [3.8, 4) is 0 Å². The summed E-state index contributed by atoms with van der Waals surface area (Å²) in [5, 5.41) is 3.33. The lowest BCUT2D eigenvalue weighted by atomic mass is 10.1. The quantitative estimate of drug-likeness (QED) is 0.430. The molecule has 1 aromatic carbocycles. The number of urea groups is 1. The van der Waals surface area contributed by atoms with Crippen molar-refractivity contribution in [2.75, 3.05) is 26.0 Å². The largest absolute Gasteiger partial charge is 0.465 e. The van der Waals surface area contributed by atoms with Gasteiger partial charge in [-0.3, -0.25) is 19.1 Å².